The van der Waals surface area contributed by atoms with Crippen molar-refractivity contribution in [2.75, 3.05) is 5.32 Å². The molecule has 2 aromatic rings. The molecule has 0 spiro atoms. The van der Waals surface area contributed by atoms with Crippen LogP contribution in [0.4, 0.5) is 11.4 Å². The van der Waals surface area contributed by atoms with Crippen molar-refractivity contribution in [2.24, 2.45) is 0 Å². The maximum Gasteiger partial charge on any atom is 0.270 e. The van der Waals surface area contributed by atoms with Crippen molar-refractivity contribution in [1.29, 1.82) is 0 Å². The Kier molecular flexibility index (Phi) is 4.11. The number of nitrogens with one attached hydrogen (secondary N) is 1. The molecule has 1 heterocycles. The average Bonchev–Trinajstić information content (AvgIpc) is 2.39. The summed E-state index contributed by atoms with van der Waals surface area (Å²) in [6, 6.07) is 8.52. The Hall–Kier alpha value is -1.95. The minimum atomic E-state index is -0.419. The van der Waals surface area contributed by atoms with Crippen LogP contribution in [0.1, 0.15) is 11.3 Å². The van der Waals surface area contributed by atoms with Crippen LogP contribution < -0.4 is 5.32 Å². The third-order valence-corrected chi connectivity index (χ3v) is 3.38. The van der Waals surface area contributed by atoms with Gasteiger partial charge in [0.05, 0.1) is 17.2 Å². The van der Waals surface area contributed by atoms with E-state index in [1.54, 1.807) is 12.3 Å². The highest BCUT2D eigenvalue weighted by Crippen LogP contribution is 2.27. The maximum absolute atomic E-state index is 10.6. The van der Waals surface area contributed by atoms with Gasteiger partial charge in [0, 0.05) is 28.5 Å². The molecule has 1 aromatic heterocycles. The average molecular weight is 322 g/mol. The summed E-state index contributed by atoms with van der Waals surface area (Å²) >= 11 is 3.32. The highest BCUT2D eigenvalue weighted by molar-refractivity contribution is 9.10. The number of aromatic nitrogens is 1. The van der Waals surface area contributed by atoms with Gasteiger partial charge in [0.1, 0.15) is 0 Å². The van der Waals surface area contributed by atoms with Gasteiger partial charge in [-0.15, -0.1) is 0 Å². The van der Waals surface area contributed by atoms with Crippen molar-refractivity contribution in [3.8, 4) is 0 Å². The molecule has 0 saturated heterocycles. The number of pyridine rings is 1. The second-order valence-corrected chi connectivity index (χ2v) is 4.90. The summed E-state index contributed by atoms with van der Waals surface area (Å²) in [5.41, 5.74) is 2.92. The van der Waals surface area contributed by atoms with Crippen LogP contribution in [0.5, 0.6) is 0 Å². The van der Waals surface area contributed by atoms with Gasteiger partial charge in [-0.25, -0.2) is 0 Å². The summed E-state index contributed by atoms with van der Waals surface area (Å²) in [5, 5.41) is 13.8. The number of halogens is 1. The fraction of sp³-hybridized carbons (Fsp3) is 0.154. The molecule has 6 heteroatoms. The molecule has 19 heavy (non-hydrogen) atoms. The van der Waals surface area contributed by atoms with Crippen LogP contribution in [0.3, 0.4) is 0 Å². The predicted molar refractivity (Wildman–Crippen MR) is 77.1 cm³/mol. The van der Waals surface area contributed by atoms with Crippen LogP contribution in [0.15, 0.2) is 41.0 Å². The smallest absolute Gasteiger partial charge is 0.270 e. The number of anilines is 1. The number of nitro groups is 1. The van der Waals surface area contributed by atoms with Crippen molar-refractivity contribution in [1.82, 2.24) is 4.98 Å². The molecule has 0 fully saturated rings. The normalized spacial score (nSPS) is 10.2. The SMILES string of the molecule is Cc1cccnc1CNc1ccc([N+](=O)[O-])cc1Br. The molecule has 0 saturated carbocycles. The van der Waals surface area contributed by atoms with Gasteiger partial charge in [-0.05, 0) is 40.5 Å². The first kappa shape index (κ1) is 13.5. The van der Waals surface area contributed by atoms with E-state index in [-0.39, 0.29) is 5.69 Å². The van der Waals surface area contributed by atoms with Gasteiger partial charge in [0.25, 0.3) is 5.69 Å². The third-order valence-electron chi connectivity index (χ3n) is 2.73. The quantitative estimate of drug-likeness (QED) is 0.689. The number of hydrogen-bond acceptors (Lipinski definition) is 4. The fourth-order valence-electron chi connectivity index (χ4n) is 1.64. The van der Waals surface area contributed by atoms with Gasteiger partial charge in [-0.3, -0.25) is 15.1 Å². The zero-order valence-corrected chi connectivity index (χ0v) is 11.8. The third kappa shape index (κ3) is 3.29. The monoisotopic (exact) mass is 321 g/mol. The van der Waals surface area contributed by atoms with Crippen molar-refractivity contribution in [3.63, 3.8) is 0 Å². The molecule has 0 bridgehead atoms. The van der Waals surface area contributed by atoms with Crippen LogP contribution in [-0.4, -0.2) is 9.91 Å². The molecule has 98 valence electrons. The Labute approximate surface area is 119 Å². The number of nitrogens with zero attached hydrogens (tertiary/aromatic N) is 2. The molecule has 1 aromatic carbocycles. The summed E-state index contributed by atoms with van der Waals surface area (Å²) in [4.78, 5) is 14.5. The van der Waals surface area contributed by atoms with Crippen LogP contribution in [0.2, 0.25) is 0 Å². The van der Waals surface area contributed by atoms with Gasteiger partial charge in [0.15, 0.2) is 0 Å². The molecule has 2 rings (SSSR count). The molecular weight excluding hydrogens is 310 g/mol. The van der Waals surface area contributed by atoms with E-state index >= 15 is 0 Å². The molecule has 0 atom stereocenters. The zero-order chi connectivity index (χ0) is 13.8. The molecule has 0 radical (unpaired) electrons. The number of aryl methyl sites for hydroxylation is 1. The molecular formula is C13H12BrN3O2. The van der Waals surface area contributed by atoms with E-state index in [1.165, 1.54) is 12.1 Å². The second kappa shape index (κ2) is 5.79. The van der Waals surface area contributed by atoms with Gasteiger partial charge in [0.2, 0.25) is 0 Å². The Morgan fingerprint density at radius 1 is 1.42 bits per heavy atom. The molecule has 0 aliphatic heterocycles. The van der Waals surface area contributed by atoms with Crippen LogP contribution >= 0.6 is 15.9 Å². The minimum Gasteiger partial charge on any atom is -0.378 e. The van der Waals surface area contributed by atoms with Gasteiger partial charge in [-0.2, -0.15) is 0 Å². The summed E-state index contributed by atoms with van der Waals surface area (Å²) in [6.45, 7) is 2.57. The van der Waals surface area contributed by atoms with E-state index in [0.717, 1.165) is 16.9 Å². The number of non-ortho nitro benzene ring substituents is 1. The van der Waals surface area contributed by atoms with Crippen molar-refractivity contribution >= 4 is 27.3 Å². The zero-order valence-electron chi connectivity index (χ0n) is 10.3. The molecule has 0 amide bonds. The Morgan fingerprint density at radius 2 is 2.21 bits per heavy atom. The van der Waals surface area contributed by atoms with E-state index in [9.17, 15) is 10.1 Å². The summed E-state index contributed by atoms with van der Waals surface area (Å²) in [6.07, 6.45) is 1.74. The molecule has 1 N–H and O–H groups in total. The van der Waals surface area contributed by atoms with Gasteiger partial charge in [-0.1, -0.05) is 6.07 Å². The van der Waals surface area contributed by atoms with Gasteiger partial charge < -0.3 is 5.32 Å². The Balaban J connectivity index is 2.12. The predicted octanol–water partition coefficient (Wildman–Crippen LogP) is 3.67. The molecule has 0 aliphatic carbocycles. The van der Waals surface area contributed by atoms with Gasteiger partial charge >= 0.3 is 0 Å². The molecule has 0 aliphatic rings. The van der Waals surface area contributed by atoms with Crippen LogP contribution in [-0.2, 0) is 6.54 Å². The lowest BCUT2D eigenvalue weighted by Crippen LogP contribution is -2.04. The van der Waals surface area contributed by atoms with Crippen LogP contribution in [0, 0.1) is 17.0 Å². The van der Waals surface area contributed by atoms with Crippen molar-refractivity contribution < 1.29 is 4.92 Å². The first-order chi connectivity index (χ1) is 9.08. The summed E-state index contributed by atoms with van der Waals surface area (Å²) in [7, 11) is 0. The standard InChI is InChI=1S/C13H12BrN3O2/c1-9-3-2-6-15-13(9)8-16-12-5-4-10(17(18)19)7-11(12)14/h2-7,16H,8H2,1H3. The summed E-state index contributed by atoms with van der Waals surface area (Å²) < 4.78 is 0.662. The second-order valence-electron chi connectivity index (χ2n) is 4.04. The van der Waals surface area contributed by atoms with Crippen molar-refractivity contribution in [2.45, 2.75) is 13.5 Å². The Bertz CT molecular complexity index is 617. The van der Waals surface area contributed by atoms with Crippen LogP contribution in [0.25, 0.3) is 0 Å². The fourth-order valence-corrected chi connectivity index (χ4v) is 2.15. The number of nitro benzene ring substituents is 1. The van der Waals surface area contributed by atoms with E-state index in [1.807, 2.05) is 19.1 Å². The number of benzene rings is 1. The van der Waals surface area contributed by atoms with E-state index in [0.29, 0.717) is 11.0 Å². The topological polar surface area (TPSA) is 68.1 Å². The highest BCUT2D eigenvalue weighted by Gasteiger charge is 2.09. The lowest BCUT2D eigenvalue weighted by molar-refractivity contribution is -0.384. The minimum absolute atomic E-state index is 0.0615. The number of rotatable bonds is 4. The highest BCUT2D eigenvalue weighted by atomic mass is 79.9. The molecule has 5 nitrogen and oxygen atoms in total. The lowest BCUT2D eigenvalue weighted by Gasteiger charge is -2.09. The largest absolute Gasteiger partial charge is 0.378 e. The van der Waals surface area contributed by atoms with E-state index < -0.39 is 4.92 Å². The Morgan fingerprint density at radius 3 is 2.84 bits per heavy atom. The first-order valence-electron chi connectivity index (χ1n) is 5.66. The van der Waals surface area contributed by atoms with E-state index in [2.05, 4.69) is 26.2 Å². The summed E-state index contributed by atoms with van der Waals surface area (Å²) in [5.74, 6) is 0. The van der Waals surface area contributed by atoms with Crippen molar-refractivity contribution in [3.05, 3.63) is 62.4 Å². The van der Waals surface area contributed by atoms with E-state index in [4.69, 9.17) is 0 Å². The maximum atomic E-state index is 10.6. The molecule has 0 unspecified atom stereocenters. The number of hydrogen-bond donors (Lipinski definition) is 1. The lowest BCUT2D eigenvalue weighted by atomic mass is 10.2. The first-order valence-corrected chi connectivity index (χ1v) is 6.45.